The van der Waals surface area contributed by atoms with Crippen molar-refractivity contribution >= 4 is 6.29 Å². The Morgan fingerprint density at radius 3 is 2.20 bits per heavy atom. The minimum absolute atomic E-state index is 0.121. The van der Waals surface area contributed by atoms with Gasteiger partial charge in [-0.25, -0.2) is 4.68 Å². The summed E-state index contributed by atoms with van der Waals surface area (Å²) < 4.78 is 1.75. The van der Waals surface area contributed by atoms with Crippen LogP contribution in [0.25, 0.3) is 5.69 Å². The summed E-state index contributed by atoms with van der Waals surface area (Å²) in [5, 5.41) is 8.05. The van der Waals surface area contributed by atoms with Crippen LogP contribution in [0, 0.1) is 0 Å². The van der Waals surface area contributed by atoms with E-state index < -0.39 is 0 Å². The largest absolute Gasteiger partial charge is 0.296 e. The zero-order valence-electron chi connectivity index (χ0n) is 12.7. The Kier molecular flexibility index (Phi) is 3.75. The summed E-state index contributed by atoms with van der Waals surface area (Å²) in [6, 6.07) is 8.24. The van der Waals surface area contributed by atoms with Crippen molar-refractivity contribution < 1.29 is 4.79 Å². The summed E-state index contributed by atoms with van der Waals surface area (Å²) >= 11 is 0. The van der Waals surface area contributed by atoms with Gasteiger partial charge in [0.25, 0.3) is 0 Å². The van der Waals surface area contributed by atoms with E-state index in [1.54, 1.807) is 4.68 Å². The second-order valence-electron chi connectivity index (χ2n) is 6.34. The van der Waals surface area contributed by atoms with E-state index in [2.05, 4.69) is 43.2 Å². The molecule has 4 nitrogen and oxygen atoms in total. The maximum Gasteiger partial charge on any atom is 0.172 e. The molecule has 0 saturated heterocycles. The first-order valence-electron chi connectivity index (χ1n) is 6.86. The molecule has 106 valence electrons. The van der Waals surface area contributed by atoms with Crippen molar-refractivity contribution in [3.05, 3.63) is 41.2 Å². The molecule has 1 aromatic carbocycles. The summed E-state index contributed by atoms with van der Waals surface area (Å²) in [6.07, 6.45) is 0.766. The third-order valence-electron chi connectivity index (χ3n) is 3.37. The molecule has 0 aliphatic heterocycles. The molecule has 0 bridgehead atoms. The lowest BCUT2D eigenvalue weighted by Crippen LogP contribution is -2.11. The molecule has 20 heavy (non-hydrogen) atoms. The van der Waals surface area contributed by atoms with Crippen LogP contribution < -0.4 is 0 Å². The lowest BCUT2D eigenvalue weighted by atomic mass is 9.87. The Hall–Kier alpha value is -1.97. The maximum atomic E-state index is 11.0. The highest BCUT2D eigenvalue weighted by Crippen LogP contribution is 2.25. The fraction of sp³-hybridized carbons (Fsp3) is 0.438. The molecule has 0 saturated carbocycles. The van der Waals surface area contributed by atoms with Gasteiger partial charge >= 0.3 is 0 Å². The first-order chi connectivity index (χ1) is 9.34. The van der Waals surface area contributed by atoms with Crippen LogP contribution in [0.15, 0.2) is 24.3 Å². The molecule has 2 rings (SSSR count). The topological polar surface area (TPSA) is 47.8 Å². The van der Waals surface area contributed by atoms with Crippen molar-refractivity contribution in [1.29, 1.82) is 0 Å². The van der Waals surface area contributed by atoms with Crippen molar-refractivity contribution in [3.8, 4) is 5.69 Å². The Morgan fingerprint density at radius 1 is 1.15 bits per heavy atom. The molecule has 0 N–H and O–H groups in total. The first kappa shape index (κ1) is 14.4. The van der Waals surface area contributed by atoms with Gasteiger partial charge in [-0.1, -0.05) is 52.0 Å². The number of hydrogen-bond donors (Lipinski definition) is 0. The van der Waals surface area contributed by atoms with E-state index in [9.17, 15) is 4.79 Å². The SMILES string of the molecule is CC(C)c1c(C=O)nnn1-c1ccc(C(C)(C)C)cc1. The van der Waals surface area contributed by atoms with Crippen molar-refractivity contribution in [2.75, 3.05) is 0 Å². The molecular formula is C16H21N3O. The van der Waals surface area contributed by atoms with Gasteiger partial charge in [-0.05, 0) is 29.0 Å². The number of nitrogens with zero attached hydrogens (tertiary/aromatic N) is 3. The van der Waals surface area contributed by atoms with Crippen molar-refractivity contribution in [1.82, 2.24) is 15.0 Å². The highest BCUT2D eigenvalue weighted by molar-refractivity contribution is 5.73. The number of aldehydes is 1. The van der Waals surface area contributed by atoms with Crippen LogP contribution in [0.1, 0.15) is 62.3 Å². The zero-order chi connectivity index (χ0) is 14.9. The van der Waals surface area contributed by atoms with Gasteiger partial charge < -0.3 is 0 Å². The lowest BCUT2D eigenvalue weighted by molar-refractivity contribution is 0.111. The number of benzene rings is 1. The molecular weight excluding hydrogens is 250 g/mol. The molecule has 0 aliphatic carbocycles. The van der Waals surface area contributed by atoms with Gasteiger partial charge in [0, 0.05) is 0 Å². The maximum absolute atomic E-state index is 11.0. The Labute approximate surface area is 119 Å². The van der Waals surface area contributed by atoms with Crippen molar-refractivity contribution in [2.24, 2.45) is 0 Å². The zero-order valence-corrected chi connectivity index (χ0v) is 12.7. The van der Waals surface area contributed by atoms with Crippen LogP contribution in [-0.4, -0.2) is 21.3 Å². The summed E-state index contributed by atoms with van der Waals surface area (Å²) in [6.45, 7) is 10.6. The molecule has 2 aromatic rings. The van der Waals surface area contributed by atoms with Gasteiger partial charge in [0.05, 0.1) is 11.4 Å². The Morgan fingerprint density at radius 2 is 1.75 bits per heavy atom. The second-order valence-corrected chi connectivity index (χ2v) is 6.34. The van der Waals surface area contributed by atoms with E-state index in [4.69, 9.17) is 0 Å². The fourth-order valence-corrected chi connectivity index (χ4v) is 2.22. The smallest absolute Gasteiger partial charge is 0.172 e. The summed E-state index contributed by atoms with van der Waals surface area (Å²) in [5.74, 6) is 0.187. The molecule has 0 atom stereocenters. The second kappa shape index (κ2) is 5.19. The Balaban J connectivity index is 2.47. The molecule has 0 spiro atoms. The van der Waals surface area contributed by atoms with Crippen LogP contribution in [0.5, 0.6) is 0 Å². The third-order valence-corrected chi connectivity index (χ3v) is 3.37. The number of rotatable bonds is 3. The van der Waals surface area contributed by atoms with E-state index >= 15 is 0 Å². The molecule has 4 heteroatoms. The monoisotopic (exact) mass is 271 g/mol. The van der Waals surface area contributed by atoms with E-state index in [0.717, 1.165) is 17.7 Å². The molecule has 0 aliphatic rings. The van der Waals surface area contributed by atoms with Crippen LogP contribution in [0.4, 0.5) is 0 Å². The van der Waals surface area contributed by atoms with Crippen LogP contribution in [0.3, 0.4) is 0 Å². The predicted octanol–water partition coefficient (Wildman–Crippen LogP) is 3.50. The predicted molar refractivity (Wildman–Crippen MR) is 79.5 cm³/mol. The standard InChI is InChI=1S/C16H21N3O/c1-11(2)15-14(10-20)17-18-19(15)13-8-6-12(7-9-13)16(3,4)5/h6-11H,1-5H3. The lowest BCUT2D eigenvalue weighted by Gasteiger charge is -2.19. The van der Waals surface area contributed by atoms with E-state index in [1.165, 1.54) is 5.56 Å². The average molecular weight is 271 g/mol. The van der Waals surface area contributed by atoms with Gasteiger partial charge in [-0.3, -0.25) is 4.79 Å². The average Bonchev–Trinajstić information content (AvgIpc) is 2.81. The minimum Gasteiger partial charge on any atom is -0.296 e. The highest BCUT2D eigenvalue weighted by atomic mass is 16.1. The summed E-state index contributed by atoms with van der Waals surface area (Å²) in [4.78, 5) is 11.0. The number of hydrogen-bond acceptors (Lipinski definition) is 3. The third kappa shape index (κ3) is 2.64. The summed E-state index contributed by atoms with van der Waals surface area (Å²) in [5.41, 5.74) is 3.59. The molecule has 0 radical (unpaired) electrons. The number of aromatic nitrogens is 3. The first-order valence-corrected chi connectivity index (χ1v) is 6.86. The van der Waals surface area contributed by atoms with Gasteiger partial charge in [0.2, 0.25) is 0 Å². The van der Waals surface area contributed by atoms with E-state index in [1.807, 2.05) is 26.0 Å². The molecule has 0 unspecified atom stereocenters. The number of carbonyl (C=O) groups excluding carboxylic acids is 1. The number of carbonyl (C=O) groups is 1. The van der Waals surface area contributed by atoms with Gasteiger partial charge in [0.15, 0.2) is 6.29 Å². The van der Waals surface area contributed by atoms with Crippen molar-refractivity contribution in [3.63, 3.8) is 0 Å². The van der Waals surface area contributed by atoms with Crippen molar-refractivity contribution in [2.45, 2.75) is 46.0 Å². The van der Waals surface area contributed by atoms with E-state index in [-0.39, 0.29) is 11.3 Å². The van der Waals surface area contributed by atoms with Gasteiger partial charge in [-0.2, -0.15) is 0 Å². The van der Waals surface area contributed by atoms with Crippen LogP contribution in [0.2, 0.25) is 0 Å². The van der Waals surface area contributed by atoms with Crippen LogP contribution >= 0.6 is 0 Å². The molecule has 1 heterocycles. The summed E-state index contributed by atoms with van der Waals surface area (Å²) in [7, 11) is 0. The van der Waals surface area contributed by atoms with E-state index in [0.29, 0.717) is 5.69 Å². The molecule has 0 amide bonds. The minimum atomic E-state index is 0.121. The van der Waals surface area contributed by atoms with Gasteiger partial charge in [-0.15, -0.1) is 5.10 Å². The van der Waals surface area contributed by atoms with Crippen LogP contribution in [-0.2, 0) is 5.41 Å². The quantitative estimate of drug-likeness (QED) is 0.803. The van der Waals surface area contributed by atoms with Gasteiger partial charge in [0.1, 0.15) is 5.69 Å². The highest BCUT2D eigenvalue weighted by Gasteiger charge is 2.18. The fourth-order valence-electron chi connectivity index (χ4n) is 2.22. The molecule has 0 fully saturated rings. The molecule has 1 aromatic heterocycles. The Bertz CT molecular complexity index is 604. The normalized spacial score (nSPS) is 11.9.